The second kappa shape index (κ2) is 5.61. The summed E-state index contributed by atoms with van der Waals surface area (Å²) < 4.78 is 12.8. The van der Waals surface area contributed by atoms with Gasteiger partial charge in [-0.1, -0.05) is 19.1 Å². The molecule has 1 saturated heterocycles. The zero-order valence-electron chi connectivity index (χ0n) is 10.4. The summed E-state index contributed by atoms with van der Waals surface area (Å²) in [4.78, 5) is 2.47. The third kappa shape index (κ3) is 3.05. The summed E-state index contributed by atoms with van der Waals surface area (Å²) in [5, 5.41) is 0. The van der Waals surface area contributed by atoms with Crippen LogP contribution in [0.15, 0.2) is 24.3 Å². The second-order valence-electron chi connectivity index (χ2n) is 4.98. The molecule has 1 aliphatic heterocycles. The van der Waals surface area contributed by atoms with Gasteiger partial charge in [0.25, 0.3) is 0 Å². The summed E-state index contributed by atoms with van der Waals surface area (Å²) >= 11 is 0. The zero-order chi connectivity index (χ0) is 12.3. The van der Waals surface area contributed by atoms with Gasteiger partial charge in [0.1, 0.15) is 5.82 Å². The molecule has 0 spiro atoms. The summed E-state index contributed by atoms with van der Waals surface area (Å²) in [5.41, 5.74) is 6.97. The highest BCUT2D eigenvalue weighted by Crippen LogP contribution is 2.22. The van der Waals surface area contributed by atoms with Crippen molar-refractivity contribution in [1.82, 2.24) is 4.90 Å². The molecule has 0 amide bonds. The van der Waals surface area contributed by atoms with Gasteiger partial charge in [-0.25, -0.2) is 4.39 Å². The normalized spacial score (nSPS) is 22.9. The second-order valence-corrected chi connectivity index (χ2v) is 4.98. The minimum Gasteiger partial charge on any atom is -0.329 e. The van der Waals surface area contributed by atoms with E-state index in [0.717, 1.165) is 19.6 Å². The van der Waals surface area contributed by atoms with E-state index in [4.69, 9.17) is 5.73 Å². The minimum absolute atomic E-state index is 0.165. The van der Waals surface area contributed by atoms with Crippen molar-refractivity contribution in [2.75, 3.05) is 19.6 Å². The first-order valence-electron chi connectivity index (χ1n) is 6.40. The van der Waals surface area contributed by atoms with Gasteiger partial charge in [-0.2, -0.15) is 0 Å². The molecule has 1 aliphatic rings. The average Bonchev–Trinajstić information content (AvgIpc) is 2.77. The van der Waals surface area contributed by atoms with Crippen LogP contribution in [0, 0.1) is 5.82 Å². The van der Waals surface area contributed by atoms with E-state index in [0.29, 0.717) is 12.0 Å². The molecule has 2 unspecified atom stereocenters. The van der Waals surface area contributed by atoms with Crippen molar-refractivity contribution in [3.8, 4) is 0 Å². The van der Waals surface area contributed by atoms with Crippen LogP contribution in [0.4, 0.5) is 4.39 Å². The summed E-state index contributed by atoms with van der Waals surface area (Å²) in [6, 6.07) is 7.38. The van der Waals surface area contributed by atoms with Gasteiger partial charge >= 0.3 is 0 Å². The lowest BCUT2D eigenvalue weighted by Crippen LogP contribution is -2.37. The van der Waals surface area contributed by atoms with Crippen LogP contribution in [-0.2, 0) is 0 Å². The standard InChI is InChI=1S/C14H21FN2/c1-11(12-4-6-13(15)7-5-12)10-17-8-2-3-14(17)9-16/h4-7,11,14H,2-3,8-10,16H2,1H3. The van der Waals surface area contributed by atoms with Gasteiger partial charge in [0.2, 0.25) is 0 Å². The fourth-order valence-electron chi connectivity index (χ4n) is 2.65. The van der Waals surface area contributed by atoms with Crippen LogP contribution in [0.2, 0.25) is 0 Å². The monoisotopic (exact) mass is 236 g/mol. The minimum atomic E-state index is -0.165. The van der Waals surface area contributed by atoms with Crippen molar-refractivity contribution >= 4 is 0 Å². The number of halogens is 1. The molecule has 1 aromatic carbocycles. The van der Waals surface area contributed by atoms with Gasteiger partial charge in [0.15, 0.2) is 0 Å². The maximum absolute atomic E-state index is 12.8. The predicted molar refractivity (Wildman–Crippen MR) is 68.5 cm³/mol. The fourth-order valence-corrected chi connectivity index (χ4v) is 2.65. The van der Waals surface area contributed by atoms with E-state index in [1.807, 2.05) is 12.1 Å². The zero-order valence-corrected chi connectivity index (χ0v) is 10.4. The van der Waals surface area contributed by atoms with Crippen molar-refractivity contribution in [3.63, 3.8) is 0 Å². The molecule has 0 saturated carbocycles. The molecule has 0 radical (unpaired) electrons. The molecule has 17 heavy (non-hydrogen) atoms. The van der Waals surface area contributed by atoms with Crippen molar-refractivity contribution in [3.05, 3.63) is 35.6 Å². The number of benzene rings is 1. The quantitative estimate of drug-likeness (QED) is 0.869. The van der Waals surface area contributed by atoms with Crippen LogP contribution in [0.5, 0.6) is 0 Å². The van der Waals surface area contributed by atoms with Crippen LogP contribution in [0.25, 0.3) is 0 Å². The van der Waals surface area contributed by atoms with Crippen LogP contribution >= 0.6 is 0 Å². The Morgan fingerprint density at radius 2 is 2.12 bits per heavy atom. The maximum atomic E-state index is 12.8. The molecule has 94 valence electrons. The molecule has 2 atom stereocenters. The highest BCUT2D eigenvalue weighted by Gasteiger charge is 2.24. The molecule has 1 aromatic rings. The third-order valence-electron chi connectivity index (χ3n) is 3.72. The number of hydrogen-bond acceptors (Lipinski definition) is 2. The van der Waals surface area contributed by atoms with E-state index in [1.54, 1.807) is 0 Å². The Morgan fingerprint density at radius 1 is 1.41 bits per heavy atom. The summed E-state index contributed by atoms with van der Waals surface area (Å²) in [7, 11) is 0. The number of likely N-dealkylation sites (tertiary alicyclic amines) is 1. The lowest BCUT2D eigenvalue weighted by atomic mass is 10.0. The Labute approximate surface area is 103 Å². The van der Waals surface area contributed by atoms with Crippen molar-refractivity contribution in [2.45, 2.75) is 31.7 Å². The van der Waals surface area contributed by atoms with Gasteiger partial charge in [-0.15, -0.1) is 0 Å². The Hall–Kier alpha value is -0.930. The first kappa shape index (κ1) is 12.5. The molecule has 0 aliphatic carbocycles. The maximum Gasteiger partial charge on any atom is 0.123 e. The van der Waals surface area contributed by atoms with E-state index < -0.39 is 0 Å². The Balaban J connectivity index is 1.96. The predicted octanol–water partition coefficient (Wildman–Crippen LogP) is 2.35. The smallest absolute Gasteiger partial charge is 0.123 e. The Kier molecular flexibility index (Phi) is 4.13. The topological polar surface area (TPSA) is 29.3 Å². The van der Waals surface area contributed by atoms with Crippen LogP contribution in [0.3, 0.4) is 0 Å². The molecular formula is C14H21FN2. The van der Waals surface area contributed by atoms with Crippen LogP contribution < -0.4 is 5.73 Å². The van der Waals surface area contributed by atoms with E-state index in [2.05, 4.69) is 11.8 Å². The first-order chi connectivity index (χ1) is 8.20. The number of nitrogens with two attached hydrogens (primary N) is 1. The van der Waals surface area contributed by atoms with Gasteiger partial charge in [0, 0.05) is 19.1 Å². The number of hydrogen-bond donors (Lipinski definition) is 1. The molecule has 3 heteroatoms. The average molecular weight is 236 g/mol. The van der Waals surface area contributed by atoms with Crippen molar-refractivity contribution in [1.29, 1.82) is 0 Å². The van der Waals surface area contributed by atoms with E-state index in [1.165, 1.54) is 30.5 Å². The Bertz CT molecular complexity index is 350. The largest absolute Gasteiger partial charge is 0.329 e. The summed E-state index contributed by atoms with van der Waals surface area (Å²) in [6.07, 6.45) is 2.46. The molecule has 1 heterocycles. The van der Waals surface area contributed by atoms with Gasteiger partial charge in [-0.05, 0) is 43.0 Å². The highest BCUT2D eigenvalue weighted by atomic mass is 19.1. The van der Waals surface area contributed by atoms with Gasteiger partial charge < -0.3 is 5.73 Å². The van der Waals surface area contributed by atoms with E-state index in [-0.39, 0.29) is 5.82 Å². The van der Waals surface area contributed by atoms with Crippen LogP contribution in [0.1, 0.15) is 31.2 Å². The van der Waals surface area contributed by atoms with Crippen LogP contribution in [-0.4, -0.2) is 30.6 Å². The molecule has 1 fully saturated rings. The molecule has 0 bridgehead atoms. The molecular weight excluding hydrogens is 215 g/mol. The first-order valence-corrected chi connectivity index (χ1v) is 6.40. The lowest BCUT2D eigenvalue weighted by molar-refractivity contribution is 0.246. The molecule has 0 aromatic heterocycles. The van der Waals surface area contributed by atoms with Gasteiger partial charge in [-0.3, -0.25) is 4.90 Å². The lowest BCUT2D eigenvalue weighted by Gasteiger charge is -2.26. The number of rotatable bonds is 4. The number of nitrogens with zero attached hydrogens (tertiary/aromatic N) is 1. The van der Waals surface area contributed by atoms with Crippen molar-refractivity contribution in [2.24, 2.45) is 5.73 Å². The van der Waals surface area contributed by atoms with Gasteiger partial charge in [0.05, 0.1) is 0 Å². The third-order valence-corrected chi connectivity index (χ3v) is 3.72. The van der Waals surface area contributed by atoms with E-state index in [9.17, 15) is 4.39 Å². The SMILES string of the molecule is CC(CN1CCCC1CN)c1ccc(F)cc1. The van der Waals surface area contributed by atoms with Crippen molar-refractivity contribution < 1.29 is 4.39 Å². The molecule has 2 N–H and O–H groups in total. The van der Waals surface area contributed by atoms with E-state index >= 15 is 0 Å². The summed E-state index contributed by atoms with van der Waals surface area (Å²) in [5.74, 6) is 0.268. The molecule has 2 rings (SSSR count). The Morgan fingerprint density at radius 3 is 2.76 bits per heavy atom. The molecule has 2 nitrogen and oxygen atoms in total. The highest BCUT2D eigenvalue weighted by molar-refractivity contribution is 5.20. The summed E-state index contributed by atoms with van der Waals surface area (Å²) in [6.45, 7) is 5.11. The fraction of sp³-hybridized carbons (Fsp3) is 0.571.